The molecule has 31 heavy (non-hydrogen) atoms. The standard InChI is InChI=1S/C25H20Cl2N2O2/c1-2-31-25(30)19-9-7-18(8-10-19)17-5-3-16(4-6-17)13-24-28-15-23(29-24)21-12-11-20(26)14-22(21)27/h3-12,14-15H,2,13H2,1H3,(H,28,29). The maximum Gasteiger partial charge on any atom is 0.338 e. The predicted octanol–water partition coefficient (Wildman–Crippen LogP) is 6.82. The highest BCUT2D eigenvalue weighted by Gasteiger charge is 2.10. The molecule has 1 heterocycles. The van der Waals surface area contributed by atoms with Gasteiger partial charge >= 0.3 is 5.97 Å². The lowest BCUT2D eigenvalue weighted by Gasteiger charge is -2.06. The SMILES string of the molecule is CCOC(=O)c1ccc(-c2ccc(Cc3nc(-c4ccc(Cl)cc4Cl)c[nH]3)cc2)cc1. The van der Waals surface area contributed by atoms with Crippen LogP contribution in [-0.2, 0) is 11.2 Å². The van der Waals surface area contributed by atoms with Gasteiger partial charge < -0.3 is 9.72 Å². The van der Waals surface area contributed by atoms with E-state index in [1.165, 1.54) is 0 Å². The van der Waals surface area contributed by atoms with E-state index in [0.29, 0.717) is 28.6 Å². The van der Waals surface area contributed by atoms with Gasteiger partial charge in [0, 0.05) is 23.2 Å². The lowest BCUT2D eigenvalue weighted by molar-refractivity contribution is 0.0526. The number of halogens is 2. The van der Waals surface area contributed by atoms with Crippen molar-refractivity contribution < 1.29 is 9.53 Å². The van der Waals surface area contributed by atoms with Crippen molar-refractivity contribution in [1.29, 1.82) is 0 Å². The molecular formula is C25H20Cl2N2O2. The number of carbonyl (C=O) groups is 1. The van der Waals surface area contributed by atoms with Crippen LogP contribution >= 0.6 is 23.2 Å². The number of benzene rings is 3. The topological polar surface area (TPSA) is 55.0 Å². The van der Waals surface area contributed by atoms with Gasteiger partial charge in [0.05, 0.1) is 22.9 Å². The van der Waals surface area contributed by atoms with Crippen molar-refractivity contribution in [1.82, 2.24) is 9.97 Å². The van der Waals surface area contributed by atoms with E-state index in [1.54, 1.807) is 31.2 Å². The number of carbonyl (C=O) groups excluding carboxylic acids is 1. The maximum absolute atomic E-state index is 11.8. The number of ether oxygens (including phenoxy) is 1. The molecule has 0 unspecified atom stereocenters. The minimum absolute atomic E-state index is 0.304. The molecule has 1 N–H and O–H groups in total. The number of aromatic nitrogens is 2. The minimum Gasteiger partial charge on any atom is -0.462 e. The van der Waals surface area contributed by atoms with Crippen LogP contribution in [-0.4, -0.2) is 22.5 Å². The zero-order valence-corrected chi connectivity index (χ0v) is 18.4. The smallest absolute Gasteiger partial charge is 0.338 e. The number of aromatic amines is 1. The molecule has 156 valence electrons. The number of rotatable bonds is 6. The molecule has 0 atom stereocenters. The van der Waals surface area contributed by atoms with E-state index in [4.69, 9.17) is 27.9 Å². The Balaban J connectivity index is 1.46. The van der Waals surface area contributed by atoms with E-state index >= 15 is 0 Å². The van der Waals surface area contributed by atoms with E-state index in [1.807, 2.05) is 24.4 Å². The van der Waals surface area contributed by atoms with Gasteiger partial charge in [-0.1, -0.05) is 59.6 Å². The zero-order valence-electron chi connectivity index (χ0n) is 16.9. The molecule has 0 bridgehead atoms. The van der Waals surface area contributed by atoms with E-state index in [-0.39, 0.29) is 5.97 Å². The highest BCUT2D eigenvalue weighted by atomic mass is 35.5. The van der Waals surface area contributed by atoms with Gasteiger partial charge in [0.25, 0.3) is 0 Å². The monoisotopic (exact) mass is 450 g/mol. The molecule has 4 rings (SSSR count). The summed E-state index contributed by atoms with van der Waals surface area (Å²) in [6.45, 7) is 2.16. The van der Waals surface area contributed by atoms with Crippen molar-refractivity contribution in [3.63, 3.8) is 0 Å². The van der Waals surface area contributed by atoms with Gasteiger partial charge in [-0.3, -0.25) is 0 Å². The average Bonchev–Trinajstić information content (AvgIpc) is 3.22. The molecular weight excluding hydrogens is 431 g/mol. The summed E-state index contributed by atoms with van der Waals surface area (Å²) < 4.78 is 5.03. The first-order chi connectivity index (χ1) is 15.0. The third-order valence-electron chi connectivity index (χ3n) is 4.89. The second kappa shape index (κ2) is 9.38. The molecule has 0 fully saturated rings. The zero-order chi connectivity index (χ0) is 21.8. The summed E-state index contributed by atoms with van der Waals surface area (Å²) in [7, 11) is 0. The Bertz CT molecular complexity index is 1200. The fourth-order valence-corrected chi connectivity index (χ4v) is 3.81. The first-order valence-corrected chi connectivity index (χ1v) is 10.7. The maximum atomic E-state index is 11.8. The third kappa shape index (κ3) is 4.98. The minimum atomic E-state index is -0.304. The molecule has 0 aliphatic heterocycles. The van der Waals surface area contributed by atoms with Crippen molar-refractivity contribution >= 4 is 29.2 Å². The Kier molecular flexibility index (Phi) is 6.40. The lowest BCUT2D eigenvalue weighted by atomic mass is 10.0. The van der Waals surface area contributed by atoms with Gasteiger partial charge in [-0.05, 0) is 53.9 Å². The van der Waals surface area contributed by atoms with Crippen LogP contribution in [0, 0.1) is 0 Å². The molecule has 4 nitrogen and oxygen atoms in total. The molecule has 4 aromatic rings. The fourth-order valence-electron chi connectivity index (χ4n) is 3.31. The van der Waals surface area contributed by atoms with Crippen LogP contribution in [0.15, 0.2) is 72.9 Å². The van der Waals surface area contributed by atoms with Crippen molar-refractivity contribution in [2.45, 2.75) is 13.3 Å². The number of esters is 1. The Morgan fingerprint density at radius 3 is 2.29 bits per heavy atom. The fraction of sp³-hybridized carbons (Fsp3) is 0.120. The molecule has 3 aromatic carbocycles. The van der Waals surface area contributed by atoms with Crippen LogP contribution in [0.2, 0.25) is 10.0 Å². The van der Waals surface area contributed by atoms with Crippen molar-refractivity contribution in [3.05, 3.63) is 99.9 Å². The van der Waals surface area contributed by atoms with Crippen molar-refractivity contribution in [2.24, 2.45) is 0 Å². The van der Waals surface area contributed by atoms with Crippen LogP contribution in [0.5, 0.6) is 0 Å². The number of H-pyrrole nitrogens is 1. The number of hydrogen-bond donors (Lipinski definition) is 1. The van der Waals surface area contributed by atoms with Gasteiger partial charge in [0.1, 0.15) is 5.82 Å². The van der Waals surface area contributed by atoms with Crippen LogP contribution in [0.3, 0.4) is 0 Å². The van der Waals surface area contributed by atoms with Gasteiger partial charge in [0.15, 0.2) is 0 Å². The molecule has 6 heteroatoms. The largest absolute Gasteiger partial charge is 0.462 e. The molecule has 0 saturated carbocycles. The molecule has 0 radical (unpaired) electrons. The summed E-state index contributed by atoms with van der Waals surface area (Å²) in [6, 6.07) is 21.1. The Morgan fingerprint density at radius 1 is 0.968 bits per heavy atom. The predicted molar refractivity (Wildman–Crippen MR) is 125 cm³/mol. The van der Waals surface area contributed by atoms with Gasteiger partial charge in [0.2, 0.25) is 0 Å². The molecule has 0 aliphatic rings. The second-order valence-corrected chi connectivity index (χ2v) is 7.87. The Labute approximate surface area is 190 Å². The summed E-state index contributed by atoms with van der Waals surface area (Å²) in [5.74, 6) is 0.551. The van der Waals surface area contributed by atoms with Gasteiger partial charge in [-0.2, -0.15) is 0 Å². The van der Waals surface area contributed by atoms with Crippen LogP contribution < -0.4 is 0 Å². The van der Waals surface area contributed by atoms with Crippen LogP contribution in [0.4, 0.5) is 0 Å². The van der Waals surface area contributed by atoms with Crippen LogP contribution in [0.1, 0.15) is 28.7 Å². The van der Waals surface area contributed by atoms with E-state index in [2.05, 4.69) is 34.2 Å². The summed E-state index contributed by atoms with van der Waals surface area (Å²) in [5, 5.41) is 1.17. The summed E-state index contributed by atoms with van der Waals surface area (Å²) in [6.07, 6.45) is 2.53. The Morgan fingerprint density at radius 2 is 1.65 bits per heavy atom. The highest BCUT2D eigenvalue weighted by molar-refractivity contribution is 6.36. The number of imidazole rings is 1. The molecule has 1 aromatic heterocycles. The second-order valence-electron chi connectivity index (χ2n) is 7.03. The summed E-state index contributed by atoms with van der Waals surface area (Å²) in [4.78, 5) is 19.7. The van der Waals surface area contributed by atoms with Gasteiger partial charge in [-0.15, -0.1) is 0 Å². The number of nitrogens with one attached hydrogen (secondary N) is 1. The number of nitrogens with zero attached hydrogens (tertiary/aromatic N) is 1. The molecule has 0 aliphatic carbocycles. The normalized spacial score (nSPS) is 10.8. The quantitative estimate of drug-likeness (QED) is 0.328. The van der Waals surface area contributed by atoms with E-state index in [0.717, 1.165) is 33.8 Å². The van der Waals surface area contributed by atoms with Crippen molar-refractivity contribution in [3.8, 4) is 22.4 Å². The van der Waals surface area contributed by atoms with Gasteiger partial charge in [-0.25, -0.2) is 9.78 Å². The van der Waals surface area contributed by atoms with E-state index < -0.39 is 0 Å². The summed E-state index contributed by atoms with van der Waals surface area (Å²) >= 11 is 12.3. The molecule has 0 saturated heterocycles. The first kappa shape index (κ1) is 21.2. The average molecular weight is 451 g/mol. The molecule has 0 amide bonds. The highest BCUT2D eigenvalue weighted by Crippen LogP contribution is 2.29. The van der Waals surface area contributed by atoms with E-state index in [9.17, 15) is 4.79 Å². The molecule has 0 spiro atoms. The Hall–Kier alpha value is -3.08. The first-order valence-electron chi connectivity index (χ1n) is 9.89. The number of hydrogen-bond acceptors (Lipinski definition) is 3. The van der Waals surface area contributed by atoms with Crippen molar-refractivity contribution in [2.75, 3.05) is 6.61 Å². The summed E-state index contributed by atoms with van der Waals surface area (Å²) in [5.41, 5.74) is 5.43. The lowest BCUT2D eigenvalue weighted by Crippen LogP contribution is -2.03. The third-order valence-corrected chi connectivity index (χ3v) is 5.44. The van der Waals surface area contributed by atoms with Crippen LogP contribution in [0.25, 0.3) is 22.4 Å².